The number of halogens is 3. The highest BCUT2D eigenvalue weighted by atomic mass is 19.4. The maximum absolute atomic E-state index is 11.8. The van der Waals surface area contributed by atoms with Gasteiger partial charge in [0.25, 0.3) is 0 Å². The fraction of sp³-hybridized carbons (Fsp3) is 0.833. The monoisotopic (exact) mass is 167 g/mol. The lowest BCUT2D eigenvalue weighted by Gasteiger charge is -2.34. The number of primary amides is 1. The summed E-state index contributed by atoms with van der Waals surface area (Å²) in [5.74, 6) is -2.48. The van der Waals surface area contributed by atoms with Crippen LogP contribution in [0.4, 0.5) is 13.2 Å². The number of hydrogen-bond acceptors (Lipinski definition) is 1. The minimum absolute atomic E-state index is 0.126. The number of rotatable bonds is 1. The lowest BCUT2D eigenvalue weighted by molar-refractivity contribution is -0.204. The molecule has 0 aromatic carbocycles. The third kappa shape index (κ3) is 1.64. The molecule has 0 aliphatic heterocycles. The van der Waals surface area contributed by atoms with E-state index in [4.69, 9.17) is 5.73 Å². The normalized spacial score (nSPS) is 31.2. The van der Waals surface area contributed by atoms with Gasteiger partial charge >= 0.3 is 6.18 Å². The first kappa shape index (κ1) is 8.36. The Morgan fingerprint density at radius 2 is 1.82 bits per heavy atom. The summed E-state index contributed by atoms with van der Waals surface area (Å²) in [5, 5.41) is 0. The smallest absolute Gasteiger partial charge is 0.369 e. The van der Waals surface area contributed by atoms with Gasteiger partial charge in [0.2, 0.25) is 5.91 Å². The third-order valence-electron chi connectivity index (χ3n) is 2.00. The molecule has 2 N–H and O–H groups in total. The molecule has 0 aromatic heterocycles. The number of nitrogens with two attached hydrogens (primary N) is 1. The maximum atomic E-state index is 11.8. The SMILES string of the molecule is NC(=O)C1CC(C(F)(F)F)C1. The molecule has 64 valence electrons. The molecule has 0 unspecified atom stereocenters. The highest BCUT2D eigenvalue weighted by Gasteiger charge is 2.49. The Bertz CT molecular complexity index is 171. The molecule has 1 saturated carbocycles. The average Bonchev–Trinajstić information content (AvgIpc) is 1.51. The number of amides is 1. The minimum Gasteiger partial charge on any atom is -0.369 e. The van der Waals surface area contributed by atoms with Crippen molar-refractivity contribution in [2.75, 3.05) is 0 Å². The largest absolute Gasteiger partial charge is 0.391 e. The fourth-order valence-electron chi connectivity index (χ4n) is 1.12. The molecule has 1 fully saturated rings. The Balaban J connectivity index is 2.35. The van der Waals surface area contributed by atoms with Crippen molar-refractivity contribution < 1.29 is 18.0 Å². The molecule has 2 nitrogen and oxygen atoms in total. The topological polar surface area (TPSA) is 43.1 Å². The van der Waals surface area contributed by atoms with Gasteiger partial charge in [0.1, 0.15) is 0 Å². The molecule has 1 rings (SSSR count). The van der Waals surface area contributed by atoms with E-state index in [0.717, 1.165) is 0 Å². The zero-order chi connectivity index (χ0) is 8.65. The second kappa shape index (κ2) is 2.39. The van der Waals surface area contributed by atoms with Crippen molar-refractivity contribution >= 4 is 5.91 Å². The summed E-state index contributed by atoms with van der Waals surface area (Å²) in [6.07, 6.45) is -4.40. The van der Waals surface area contributed by atoms with Crippen molar-refractivity contribution in [1.82, 2.24) is 0 Å². The second-order valence-corrected chi connectivity index (χ2v) is 2.81. The van der Waals surface area contributed by atoms with Crippen molar-refractivity contribution in [3.63, 3.8) is 0 Å². The molecule has 0 saturated heterocycles. The molecule has 0 atom stereocenters. The molecule has 1 aliphatic carbocycles. The van der Waals surface area contributed by atoms with E-state index < -0.39 is 23.9 Å². The molecule has 11 heavy (non-hydrogen) atoms. The van der Waals surface area contributed by atoms with E-state index in [1.165, 1.54) is 0 Å². The first-order chi connectivity index (χ1) is 4.91. The first-order valence-corrected chi connectivity index (χ1v) is 3.27. The van der Waals surface area contributed by atoms with Crippen LogP contribution in [0.25, 0.3) is 0 Å². The Morgan fingerprint density at radius 1 is 1.36 bits per heavy atom. The predicted molar refractivity (Wildman–Crippen MR) is 31.5 cm³/mol. The van der Waals surface area contributed by atoms with Gasteiger partial charge < -0.3 is 5.73 Å². The predicted octanol–water partition coefficient (Wildman–Crippen LogP) is 1.06. The van der Waals surface area contributed by atoms with Crippen LogP contribution in [-0.2, 0) is 4.79 Å². The number of hydrogen-bond donors (Lipinski definition) is 1. The summed E-state index contributed by atoms with van der Waals surface area (Å²) in [6.45, 7) is 0. The van der Waals surface area contributed by atoms with E-state index in [2.05, 4.69) is 0 Å². The van der Waals surface area contributed by atoms with Gasteiger partial charge in [0, 0.05) is 5.92 Å². The highest BCUT2D eigenvalue weighted by molar-refractivity contribution is 5.77. The van der Waals surface area contributed by atoms with Crippen LogP contribution in [0.1, 0.15) is 12.8 Å². The van der Waals surface area contributed by atoms with E-state index in [0.29, 0.717) is 0 Å². The Labute approximate surface area is 61.6 Å². The van der Waals surface area contributed by atoms with Crippen molar-refractivity contribution in [2.45, 2.75) is 19.0 Å². The zero-order valence-electron chi connectivity index (χ0n) is 5.69. The highest BCUT2D eigenvalue weighted by Crippen LogP contribution is 2.44. The summed E-state index contributed by atoms with van der Waals surface area (Å²) < 4.78 is 35.4. The molecular formula is C6H8F3NO. The lowest BCUT2D eigenvalue weighted by Crippen LogP contribution is -2.41. The average molecular weight is 167 g/mol. The van der Waals surface area contributed by atoms with Crippen molar-refractivity contribution in [3.8, 4) is 0 Å². The van der Waals surface area contributed by atoms with Gasteiger partial charge in [-0.1, -0.05) is 0 Å². The Hall–Kier alpha value is -0.740. The van der Waals surface area contributed by atoms with E-state index in [-0.39, 0.29) is 12.8 Å². The van der Waals surface area contributed by atoms with Crippen LogP contribution in [-0.4, -0.2) is 12.1 Å². The van der Waals surface area contributed by atoms with Crippen LogP contribution in [0, 0.1) is 11.8 Å². The zero-order valence-corrected chi connectivity index (χ0v) is 5.69. The van der Waals surface area contributed by atoms with Gasteiger partial charge in [-0.15, -0.1) is 0 Å². The summed E-state index contributed by atoms with van der Waals surface area (Å²) in [4.78, 5) is 10.3. The van der Waals surface area contributed by atoms with E-state index >= 15 is 0 Å². The summed E-state index contributed by atoms with van der Waals surface area (Å²) in [7, 11) is 0. The molecule has 0 radical (unpaired) electrons. The molecule has 0 bridgehead atoms. The van der Waals surface area contributed by atoms with Crippen LogP contribution in [0.15, 0.2) is 0 Å². The molecule has 0 heterocycles. The van der Waals surface area contributed by atoms with Crippen LogP contribution in [0.5, 0.6) is 0 Å². The summed E-state index contributed by atoms with van der Waals surface area (Å²) >= 11 is 0. The van der Waals surface area contributed by atoms with E-state index in [1.54, 1.807) is 0 Å². The fourth-order valence-corrected chi connectivity index (χ4v) is 1.12. The van der Waals surface area contributed by atoms with E-state index in [1.807, 2.05) is 0 Å². The quantitative estimate of drug-likeness (QED) is 0.623. The van der Waals surface area contributed by atoms with E-state index in [9.17, 15) is 18.0 Å². The minimum atomic E-state index is -4.15. The van der Waals surface area contributed by atoms with Crippen molar-refractivity contribution in [3.05, 3.63) is 0 Å². The van der Waals surface area contributed by atoms with Crippen molar-refractivity contribution in [2.24, 2.45) is 17.6 Å². The molecular weight excluding hydrogens is 159 g/mol. The van der Waals surface area contributed by atoms with Gasteiger partial charge in [-0.25, -0.2) is 0 Å². The van der Waals surface area contributed by atoms with Crippen LogP contribution < -0.4 is 5.73 Å². The first-order valence-electron chi connectivity index (χ1n) is 3.27. The third-order valence-corrected chi connectivity index (χ3v) is 2.00. The Morgan fingerprint density at radius 3 is 2.09 bits per heavy atom. The van der Waals surface area contributed by atoms with Gasteiger partial charge in [0.05, 0.1) is 5.92 Å². The second-order valence-electron chi connectivity index (χ2n) is 2.81. The van der Waals surface area contributed by atoms with Gasteiger partial charge in [0.15, 0.2) is 0 Å². The Kier molecular flexibility index (Phi) is 1.82. The summed E-state index contributed by atoms with van der Waals surface area (Å²) in [6, 6.07) is 0. The van der Waals surface area contributed by atoms with Crippen LogP contribution >= 0.6 is 0 Å². The number of carbonyl (C=O) groups is 1. The van der Waals surface area contributed by atoms with Gasteiger partial charge in [-0.3, -0.25) is 4.79 Å². The maximum Gasteiger partial charge on any atom is 0.391 e. The van der Waals surface area contributed by atoms with Gasteiger partial charge in [-0.2, -0.15) is 13.2 Å². The standard InChI is InChI=1S/C6H8F3NO/c7-6(8,9)4-1-3(2-4)5(10)11/h3-4H,1-2H2,(H2,10,11). The van der Waals surface area contributed by atoms with Gasteiger partial charge in [-0.05, 0) is 12.8 Å². The number of alkyl halides is 3. The molecule has 1 aliphatic rings. The van der Waals surface area contributed by atoms with Crippen LogP contribution in [0.2, 0.25) is 0 Å². The molecule has 0 spiro atoms. The van der Waals surface area contributed by atoms with Crippen molar-refractivity contribution in [1.29, 1.82) is 0 Å². The molecule has 0 aromatic rings. The molecule has 1 amide bonds. The summed E-state index contributed by atoms with van der Waals surface area (Å²) in [5.41, 5.74) is 4.80. The van der Waals surface area contributed by atoms with Crippen LogP contribution in [0.3, 0.4) is 0 Å². The lowest BCUT2D eigenvalue weighted by atomic mass is 9.74. The molecule has 5 heteroatoms. The number of carbonyl (C=O) groups excluding carboxylic acids is 1.